The van der Waals surface area contributed by atoms with E-state index in [0.29, 0.717) is 6.04 Å². The molecule has 2 atom stereocenters. The highest BCUT2D eigenvalue weighted by atomic mass is 15.6. The molecule has 3 rings (SSSR count). The van der Waals surface area contributed by atoms with Crippen LogP contribution in [0.2, 0.25) is 0 Å². The number of anilines is 1. The lowest BCUT2D eigenvalue weighted by atomic mass is 9.80. The molecule has 0 bridgehead atoms. The van der Waals surface area contributed by atoms with E-state index in [-0.39, 0.29) is 0 Å². The third-order valence-electron chi connectivity index (χ3n) is 3.98. The molecule has 1 fully saturated rings. The van der Waals surface area contributed by atoms with Crippen molar-refractivity contribution >= 4 is 5.95 Å². The third-order valence-corrected chi connectivity index (χ3v) is 3.98. The lowest BCUT2D eigenvalue weighted by Crippen LogP contribution is -2.31. The van der Waals surface area contributed by atoms with Crippen LogP contribution in [0.3, 0.4) is 0 Å². The number of para-hydroxylation sites is 1. The zero-order valence-corrected chi connectivity index (χ0v) is 12.0. The maximum Gasteiger partial charge on any atom is 0.247 e. The van der Waals surface area contributed by atoms with Crippen LogP contribution in [-0.4, -0.2) is 26.2 Å². The van der Waals surface area contributed by atoms with Crippen molar-refractivity contribution in [3.05, 3.63) is 30.3 Å². The fourth-order valence-electron chi connectivity index (χ4n) is 3.27. The number of nitrogens with zero attached hydrogens (tertiary/aromatic N) is 4. The maximum atomic E-state index is 4.13. The Hall–Kier alpha value is -1.91. The highest BCUT2D eigenvalue weighted by Gasteiger charge is 2.25. The summed E-state index contributed by atoms with van der Waals surface area (Å²) in [5.41, 5.74) is 0.983. The zero-order chi connectivity index (χ0) is 13.9. The summed E-state index contributed by atoms with van der Waals surface area (Å²) in [6.07, 6.45) is 3.69. The largest absolute Gasteiger partial charge is 0.350 e. The molecule has 2 unspecified atom stereocenters. The Morgan fingerprint density at radius 1 is 1.05 bits per heavy atom. The van der Waals surface area contributed by atoms with Gasteiger partial charge in [0.1, 0.15) is 0 Å². The summed E-state index contributed by atoms with van der Waals surface area (Å²) in [6.45, 7) is 4.65. The fraction of sp³-hybridized carbons (Fsp3) is 0.533. The van der Waals surface area contributed by atoms with Crippen LogP contribution in [0.1, 0.15) is 33.1 Å². The molecule has 0 radical (unpaired) electrons. The van der Waals surface area contributed by atoms with E-state index in [0.717, 1.165) is 23.5 Å². The zero-order valence-electron chi connectivity index (χ0n) is 12.0. The van der Waals surface area contributed by atoms with Crippen LogP contribution in [-0.2, 0) is 0 Å². The van der Waals surface area contributed by atoms with Gasteiger partial charge in [0.15, 0.2) is 0 Å². The summed E-state index contributed by atoms with van der Waals surface area (Å²) in [5, 5.41) is 15.5. The molecule has 0 spiro atoms. The van der Waals surface area contributed by atoms with E-state index < -0.39 is 0 Å². The Morgan fingerprint density at radius 3 is 2.45 bits per heavy atom. The monoisotopic (exact) mass is 271 g/mol. The number of nitrogens with one attached hydrogen (secondary N) is 1. The molecule has 1 aromatic heterocycles. The van der Waals surface area contributed by atoms with Gasteiger partial charge in [-0.05, 0) is 53.7 Å². The predicted octanol–water partition coefficient (Wildman–Crippen LogP) is 2.90. The average Bonchev–Trinajstić information content (AvgIpc) is 2.86. The third kappa shape index (κ3) is 2.81. The molecule has 0 saturated heterocycles. The summed E-state index contributed by atoms with van der Waals surface area (Å²) >= 11 is 0. The molecule has 1 aliphatic rings. The molecule has 5 heteroatoms. The number of rotatable bonds is 3. The van der Waals surface area contributed by atoms with E-state index in [1.54, 1.807) is 4.68 Å². The van der Waals surface area contributed by atoms with Crippen molar-refractivity contribution in [2.24, 2.45) is 11.8 Å². The molecule has 0 amide bonds. The molecule has 2 aromatic rings. The highest BCUT2D eigenvalue weighted by Crippen LogP contribution is 2.30. The van der Waals surface area contributed by atoms with Gasteiger partial charge in [0, 0.05) is 6.04 Å². The predicted molar refractivity (Wildman–Crippen MR) is 78.7 cm³/mol. The van der Waals surface area contributed by atoms with Crippen LogP contribution in [0.5, 0.6) is 0 Å². The van der Waals surface area contributed by atoms with E-state index in [2.05, 4.69) is 34.7 Å². The second kappa shape index (κ2) is 5.61. The molecule has 20 heavy (non-hydrogen) atoms. The van der Waals surface area contributed by atoms with Crippen LogP contribution in [0.15, 0.2) is 30.3 Å². The molecule has 0 aliphatic heterocycles. The van der Waals surface area contributed by atoms with Crippen molar-refractivity contribution in [3.63, 3.8) is 0 Å². The minimum atomic E-state index is 0.460. The van der Waals surface area contributed by atoms with E-state index in [9.17, 15) is 0 Å². The first kappa shape index (κ1) is 13.1. The number of benzene rings is 1. The Balaban J connectivity index is 1.77. The molecule has 1 heterocycles. The lowest BCUT2D eigenvalue weighted by Gasteiger charge is -2.31. The second-order valence-corrected chi connectivity index (χ2v) is 6.01. The SMILES string of the molecule is CC1CC(C)CC(Nc2nnnn2-c2ccccc2)C1. The molecule has 1 aromatic carbocycles. The van der Waals surface area contributed by atoms with E-state index in [4.69, 9.17) is 0 Å². The van der Waals surface area contributed by atoms with Gasteiger partial charge in [-0.1, -0.05) is 37.1 Å². The topological polar surface area (TPSA) is 55.6 Å². The van der Waals surface area contributed by atoms with Crippen LogP contribution in [0.25, 0.3) is 5.69 Å². The summed E-state index contributed by atoms with van der Waals surface area (Å²) in [6, 6.07) is 10.5. The van der Waals surface area contributed by atoms with Gasteiger partial charge in [-0.3, -0.25) is 0 Å². The standard InChI is InChI=1S/C15H21N5/c1-11-8-12(2)10-13(9-11)16-15-17-18-19-20(15)14-6-4-3-5-7-14/h3-7,11-13H,8-10H2,1-2H3,(H,16,17,19). The number of hydrogen-bond donors (Lipinski definition) is 1. The maximum absolute atomic E-state index is 4.13. The Morgan fingerprint density at radius 2 is 1.75 bits per heavy atom. The molecule has 1 aliphatic carbocycles. The van der Waals surface area contributed by atoms with Gasteiger partial charge in [-0.15, -0.1) is 0 Å². The summed E-state index contributed by atoms with van der Waals surface area (Å²) in [7, 11) is 0. The Bertz CT molecular complexity index is 540. The summed E-state index contributed by atoms with van der Waals surface area (Å²) in [4.78, 5) is 0. The van der Waals surface area contributed by atoms with Crippen LogP contribution in [0.4, 0.5) is 5.95 Å². The van der Waals surface area contributed by atoms with Crippen LogP contribution < -0.4 is 5.32 Å². The number of tetrazole rings is 1. The molecule has 106 valence electrons. The normalized spacial score (nSPS) is 26.4. The van der Waals surface area contributed by atoms with Gasteiger partial charge in [0.05, 0.1) is 5.69 Å². The van der Waals surface area contributed by atoms with Gasteiger partial charge >= 0.3 is 0 Å². The molecule has 5 nitrogen and oxygen atoms in total. The molecule has 1 N–H and O–H groups in total. The Labute approximate surface area is 119 Å². The number of hydrogen-bond acceptors (Lipinski definition) is 4. The number of aromatic nitrogens is 4. The van der Waals surface area contributed by atoms with Crippen molar-refractivity contribution < 1.29 is 0 Å². The first-order valence-corrected chi connectivity index (χ1v) is 7.32. The van der Waals surface area contributed by atoms with E-state index >= 15 is 0 Å². The van der Waals surface area contributed by atoms with Gasteiger partial charge in [-0.2, -0.15) is 4.68 Å². The second-order valence-electron chi connectivity index (χ2n) is 6.01. The van der Waals surface area contributed by atoms with Gasteiger partial charge in [-0.25, -0.2) is 0 Å². The molecular formula is C15H21N5. The van der Waals surface area contributed by atoms with E-state index in [1.807, 2.05) is 30.3 Å². The minimum Gasteiger partial charge on any atom is -0.350 e. The average molecular weight is 271 g/mol. The quantitative estimate of drug-likeness (QED) is 0.932. The van der Waals surface area contributed by atoms with Crippen LogP contribution in [0, 0.1) is 11.8 Å². The summed E-state index contributed by atoms with van der Waals surface area (Å²) in [5.74, 6) is 2.26. The van der Waals surface area contributed by atoms with E-state index in [1.165, 1.54) is 19.3 Å². The first-order valence-electron chi connectivity index (χ1n) is 7.32. The molecular weight excluding hydrogens is 250 g/mol. The summed E-state index contributed by atoms with van der Waals surface area (Å²) < 4.78 is 1.77. The van der Waals surface area contributed by atoms with Crippen LogP contribution >= 0.6 is 0 Å². The lowest BCUT2D eigenvalue weighted by molar-refractivity contribution is 0.280. The highest BCUT2D eigenvalue weighted by molar-refractivity contribution is 5.38. The molecule has 1 saturated carbocycles. The van der Waals surface area contributed by atoms with Gasteiger partial charge < -0.3 is 5.32 Å². The smallest absolute Gasteiger partial charge is 0.247 e. The van der Waals surface area contributed by atoms with Crippen molar-refractivity contribution in [2.75, 3.05) is 5.32 Å². The first-order chi connectivity index (χ1) is 9.72. The van der Waals surface area contributed by atoms with Gasteiger partial charge in [0.25, 0.3) is 0 Å². The Kier molecular flexibility index (Phi) is 3.67. The fourth-order valence-corrected chi connectivity index (χ4v) is 3.27. The van der Waals surface area contributed by atoms with Crippen molar-refractivity contribution in [3.8, 4) is 5.69 Å². The van der Waals surface area contributed by atoms with Gasteiger partial charge in [0.2, 0.25) is 5.95 Å². The van der Waals surface area contributed by atoms with Crippen molar-refractivity contribution in [1.82, 2.24) is 20.2 Å². The van der Waals surface area contributed by atoms with Crippen molar-refractivity contribution in [1.29, 1.82) is 0 Å². The minimum absolute atomic E-state index is 0.460. The van der Waals surface area contributed by atoms with Crippen molar-refractivity contribution in [2.45, 2.75) is 39.2 Å².